The van der Waals surface area contributed by atoms with E-state index >= 15 is 0 Å². The Labute approximate surface area is 231 Å². The third-order valence-electron chi connectivity index (χ3n) is 6.40. The molecule has 0 spiro atoms. The second kappa shape index (κ2) is 11.8. The Bertz CT molecular complexity index is 1620. The molecule has 7 nitrogen and oxygen atoms in total. The van der Waals surface area contributed by atoms with Crippen LogP contribution in [0.3, 0.4) is 0 Å². The maximum Gasteiger partial charge on any atom is 0.255 e. The van der Waals surface area contributed by atoms with Crippen molar-refractivity contribution in [1.82, 2.24) is 15.3 Å². The Kier molecular flexibility index (Phi) is 7.89. The summed E-state index contributed by atoms with van der Waals surface area (Å²) in [6.07, 6.45) is 4.17. The molecule has 0 bridgehead atoms. The van der Waals surface area contributed by atoms with Gasteiger partial charge in [-0.3, -0.25) is 9.78 Å². The molecule has 8 heteroatoms. The number of fused-ring (bicyclic) bond motifs is 1. The summed E-state index contributed by atoms with van der Waals surface area (Å²) in [5.41, 5.74) is 5.22. The maximum absolute atomic E-state index is 12.9. The van der Waals surface area contributed by atoms with Crippen molar-refractivity contribution in [2.45, 2.75) is 13.0 Å². The van der Waals surface area contributed by atoms with Gasteiger partial charge in [-0.2, -0.15) is 0 Å². The van der Waals surface area contributed by atoms with Crippen molar-refractivity contribution < 1.29 is 14.3 Å². The number of rotatable bonds is 9. The molecule has 0 aliphatic carbocycles. The Morgan fingerprint density at radius 2 is 1.62 bits per heavy atom. The zero-order valence-electron chi connectivity index (χ0n) is 21.6. The molecule has 3 aromatic carbocycles. The van der Waals surface area contributed by atoms with Crippen LogP contribution in [0, 0.1) is 0 Å². The molecule has 0 aliphatic rings. The first kappa shape index (κ1) is 26.0. The lowest BCUT2D eigenvalue weighted by atomic mass is 10.0. The molecule has 0 radical (unpaired) electrons. The second-order valence-electron chi connectivity index (χ2n) is 8.87. The van der Waals surface area contributed by atoms with Gasteiger partial charge in [0.25, 0.3) is 5.91 Å². The van der Waals surface area contributed by atoms with E-state index in [0.29, 0.717) is 40.9 Å². The van der Waals surface area contributed by atoms with Gasteiger partial charge in [0, 0.05) is 41.1 Å². The first-order chi connectivity index (χ1) is 19.1. The van der Waals surface area contributed by atoms with Gasteiger partial charge in [0.05, 0.1) is 25.3 Å². The van der Waals surface area contributed by atoms with E-state index in [1.54, 1.807) is 44.8 Å². The molecule has 0 saturated carbocycles. The van der Waals surface area contributed by atoms with Crippen LogP contribution in [0.1, 0.15) is 27.0 Å². The fourth-order valence-corrected chi connectivity index (χ4v) is 4.55. The summed E-state index contributed by atoms with van der Waals surface area (Å²) in [6.45, 7) is 0.323. The van der Waals surface area contributed by atoms with E-state index in [1.807, 2.05) is 48.5 Å². The predicted octanol–water partition coefficient (Wildman–Crippen LogP) is 6.56. The minimum absolute atomic E-state index is 0.237. The number of hydrogen-bond donors (Lipinski definition) is 2. The highest BCUT2D eigenvalue weighted by Crippen LogP contribution is 2.33. The minimum atomic E-state index is -0.237. The minimum Gasteiger partial charge on any atom is -0.493 e. The van der Waals surface area contributed by atoms with Crippen LogP contribution in [0.25, 0.3) is 10.9 Å². The number of pyridine rings is 2. The van der Waals surface area contributed by atoms with Crippen LogP contribution < -0.4 is 20.1 Å². The van der Waals surface area contributed by atoms with Gasteiger partial charge in [0.1, 0.15) is 5.82 Å². The topological polar surface area (TPSA) is 85.4 Å². The van der Waals surface area contributed by atoms with Gasteiger partial charge in [0.2, 0.25) is 0 Å². The van der Waals surface area contributed by atoms with Crippen LogP contribution >= 0.6 is 11.6 Å². The first-order valence-electron chi connectivity index (χ1n) is 12.4. The van der Waals surface area contributed by atoms with Crippen LogP contribution in [0.2, 0.25) is 5.02 Å². The number of anilines is 2. The Hall–Kier alpha value is -4.62. The SMILES string of the molecule is COc1cc2nccc(Cc3ccc(Nc4ncccc4C(=O)NCc4ccccc4Cl)cc3)c2cc1OC. The lowest BCUT2D eigenvalue weighted by Gasteiger charge is -2.13. The van der Waals surface area contributed by atoms with E-state index in [-0.39, 0.29) is 5.91 Å². The highest BCUT2D eigenvalue weighted by atomic mass is 35.5. The number of hydrogen-bond acceptors (Lipinski definition) is 6. The summed E-state index contributed by atoms with van der Waals surface area (Å²) in [7, 11) is 3.24. The van der Waals surface area contributed by atoms with Crippen molar-refractivity contribution in [3.05, 3.63) is 119 Å². The number of carbonyl (C=O) groups is 1. The van der Waals surface area contributed by atoms with Crippen LogP contribution in [-0.4, -0.2) is 30.1 Å². The van der Waals surface area contributed by atoms with Gasteiger partial charge in [0.15, 0.2) is 11.5 Å². The normalized spacial score (nSPS) is 10.7. The molecule has 39 heavy (non-hydrogen) atoms. The van der Waals surface area contributed by atoms with Crippen LogP contribution in [0.15, 0.2) is 91.3 Å². The largest absolute Gasteiger partial charge is 0.493 e. The zero-order valence-corrected chi connectivity index (χ0v) is 22.3. The number of halogens is 1. The monoisotopic (exact) mass is 538 g/mol. The molecule has 0 atom stereocenters. The van der Waals surface area contributed by atoms with E-state index in [1.165, 1.54) is 0 Å². The number of nitrogens with one attached hydrogen (secondary N) is 2. The molecule has 196 valence electrons. The molecule has 0 aliphatic heterocycles. The van der Waals surface area contributed by atoms with Crippen molar-refractivity contribution >= 4 is 39.9 Å². The van der Waals surface area contributed by atoms with Gasteiger partial charge in [-0.25, -0.2) is 4.98 Å². The number of amides is 1. The van der Waals surface area contributed by atoms with Crippen molar-refractivity contribution in [3.8, 4) is 11.5 Å². The Morgan fingerprint density at radius 1 is 0.846 bits per heavy atom. The van der Waals surface area contributed by atoms with Gasteiger partial charge in [-0.05, 0) is 65.6 Å². The lowest BCUT2D eigenvalue weighted by Crippen LogP contribution is -2.24. The van der Waals surface area contributed by atoms with Gasteiger partial charge < -0.3 is 20.1 Å². The van der Waals surface area contributed by atoms with E-state index in [0.717, 1.165) is 33.3 Å². The highest BCUT2D eigenvalue weighted by Gasteiger charge is 2.14. The smallest absolute Gasteiger partial charge is 0.255 e. The van der Waals surface area contributed by atoms with E-state index in [4.69, 9.17) is 21.1 Å². The Balaban J connectivity index is 1.30. The first-order valence-corrected chi connectivity index (χ1v) is 12.8. The van der Waals surface area contributed by atoms with Crippen molar-refractivity contribution in [2.75, 3.05) is 19.5 Å². The molecule has 0 saturated heterocycles. The third kappa shape index (κ3) is 5.94. The second-order valence-corrected chi connectivity index (χ2v) is 9.27. The average Bonchev–Trinajstić information content (AvgIpc) is 2.97. The van der Waals surface area contributed by atoms with Gasteiger partial charge in [-0.1, -0.05) is 41.9 Å². The van der Waals surface area contributed by atoms with E-state index in [9.17, 15) is 4.79 Å². The van der Waals surface area contributed by atoms with Crippen LogP contribution in [0.5, 0.6) is 11.5 Å². The molecule has 1 amide bonds. The fraction of sp³-hybridized carbons (Fsp3) is 0.129. The highest BCUT2D eigenvalue weighted by molar-refractivity contribution is 6.31. The summed E-state index contributed by atoms with van der Waals surface area (Å²) >= 11 is 6.22. The number of ether oxygens (including phenoxy) is 2. The van der Waals surface area contributed by atoms with Crippen molar-refractivity contribution in [3.63, 3.8) is 0 Å². The summed E-state index contributed by atoms with van der Waals surface area (Å²) < 4.78 is 10.9. The number of benzene rings is 3. The van der Waals surface area contributed by atoms with Crippen molar-refractivity contribution in [2.24, 2.45) is 0 Å². The summed E-state index contributed by atoms with van der Waals surface area (Å²) in [5, 5.41) is 7.82. The lowest BCUT2D eigenvalue weighted by molar-refractivity contribution is 0.0951. The van der Waals surface area contributed by atoms with Crippen LogP contribution in [-0.2, 0) is 13.0 Å². The maximum atomic E-state index is 12.9. The fourth-order valence-electron chi connectivity index (χ4n) is 4.35. The number of carbonyl (C=O) groups excluding carboxylic acids is 1. The standard InChI is InChI=1S/C31H27ClN4O3/c1-38-28-17-25-21(13-15-33-27(25)18-29(28)39-2)16-20-9-11-23(12-10-20)36-30-24(7-5-14-34-30)31(37)35-19-22-6-3-4-8-26(22)32/h3-15,17-18H,16,19H2,1-2H3,(H,34,36)(H,35,37). The molecule has 0 unspecified atom stereocenters. The predicted molar refractivity (Wildman–Crippen MR) is 154 cm³/mol. The number of nitrogens with zero attached hydrogens (tertiary/aromatic N) is 2. The molecule has 0 fully saturated rings. The summed E-state index contributed by atoms with van der Waals surface area (Å²) in [4.78, 5) is 21.8. The molecule has 5 rings (SSSR count). The molecular weight excluding hydrogens is 512 g/mol. The molecule has 2 N–H and O–H groups in total. The van der Waals surface area contributed by atoms with E-state index < -0.39 is 0 Å². The zero-order chi connectivity index (χ0) is 27.2. The summed E-state index contributed by atoms with van der Waals surface area (Å²) in [6, 6.07) is 24.8. The van der Waals surface area contributed by atoms with Gasteiger partial charge in [-0.15, -0.1) is 0 Å². The molecule has 2 heterocycles. The average molecular weight is 539 g/mol. The molecular formula is C31H27ClN4O3. The molecule has 2 aromatic heterocycles. The number of aromatic nitrogens is 2. The summed E-state index contributed by atoms with van der Waals surface area (Å²) in [5.74, 6) is 1.55. The van der Waals surface area contributed by atoms with E-state index in [2.05, 4.69) is 32.7 Å². The molecule has 5 aromatic rings. The third-order valence-corrected chi connectivity index (χ3v) is 6.77. The number of methoxy groups -OCH3 is 2. The van der Waals surface area contributed by atoms with Crippen LogP contribution in [0.4, 0.5) is 11.5 Å². The van der Waals surface area contributed by atoms with Crippen molar-refractivity contribution in [1.29, 1.82) is 0 Å². The van der Waals surface area contributed by atoms with Gasteiger partial charge >= 0.3 is 0 Å². The Morgan fingerprint density at radius 3 is 2.38 bits per heavy atom. The quantitative estimate of drug-likeness (QED) is 0.221.